The van der Waals surface area contributed by atoms with E-state index in [0.29, 0.717) is 6.04 Å². The summed E-state index contributed by atoms with van der Waals surface area (Å²) < 4.78 is 0. The molecule has 1 aliphatic heterocycles. The highest BCUT2D eigenvalue weighted by Gasteiger charge is 2.24. The second-order valence-corrected chi connectivity index (χ2v) is 5.99. The van der Waals surface area contributed by atoms with Crippen molar-refractivity contribution in [3.8, 4) is 0 Å². The number of benzene rings is 1. The lowest BCUT2D eigenvalue weighted by molar-refractivity contribution is 0.0695. The number of nitrogens with zero attached hydrogens (tertiary/aromatic N) is 2. The van der Waals surface area contributed by atoms with E-state index in [0.717, 1.165) is 43.7 Å². The molecule has 21 heavy (non-hydrogen) atoms. The van der Waals surface area contributed by atoms with Gasteiger partial charge in [-0.15, -0.1) is 0 Å². The number of amides is 1. The van der Waals surface area contributed by atoms with Crippen LogP contribution in [-0.4, -0.2) is 50.6 Å². The van der Waals surface area contributed by atoms with Gasteiger partial charge in [-0.05, 0) is 44.0 Å². The molecule has 4 nitrogen and oxygen atoms in total. The lowest BCUT2D eigenvalue weighted by Crippen LogP contribution is -2.48. The Labute approximate surface area is 128 Å². The number of carbonyl (C=O) groups is 1. The van der Waals surface area contributed by atoms with E-state index in [2.05, 4.69) is 12.2 Å². The maximum Gasteiger partial charge on any atom is 0.253 e. The predicted octanol–water partition coefficient (Wildman–Crippen LogP) is 2.36. The van der Waals surface area contributed by atoms with E-state index < -0.39 is 0 Å². The minimum Gasteiger partial charge on any atom is -0.378 e. The van der Waals surface area contributed by atoms with Crippen molar-refractivity contribution in [2.45, 2.75) is 32.2 Å². The summed E-state index contributed by atoms with van der Waals surface area (Å²) in [5.74, 6) is 0.154. The number of hydrogen-bond acceptors (Lipinski definition) is 3. The van der Waals surface area contributed by atoms with Gasteiger partial charge in [0.15, 0.2) is 0 Å². The Morgan fingerprint density at radius 3 is 2.95 bits per heavy atom. The molecule has 0 radical (unpaired) electrons. The number of anilines is 1. The Kier molecular flexibility index (Phi) is 5.62. The molecule has 1 N–H and O–H groups in total. The molecule has 0 spiro atoms. The predicted molar refractivity (Wildman–Crippen MR) is 88.0 cm³/mol. The first-order valence-electron chi connectivity index (χ1n) is 7.92. The first-order valence-corrected chi connectivity index (χ1v) is 7.92. The van der Waals surface area contributed by atoms with Gasteiger partial charge in [0.2, 0.25) is 0 Å². The number of likely N-dealkylation sites (tertiary alicyclic amines) is 1. The summed E-state index contributed by atoms with van der Waals surface area (Å²) in [6, 6.07) is 8.32. The first kappa shape index (κ1) is 15.8. The molecule has 116 valence electrons. The maximum atomic E-state index is 12.7. The van der Waals surface area contributed by atoms with Crippen LogP contribution in [0.15, 0.2) is 24.3 Å². The highest BCUT2D eigenvalue weighted by molar-refractivity contribution is 5.95. The highest BCUT2D eigenvalue weighted by Crippen LogP contribution is 2.18. The van der Waals surface area contributed by atoms with Crippen molar-refractivity contribution in [2.24, 2.45) is 0 Å². The molecule has 1 aliphatic rings. The van der Waals surface area contributed by atoms with Gasteiger partial charge in [0.25, 0.3) is 5.91 Å². The fraction of sp³-hybridized carbons (Fsp3) is 0.588. The monoisotopic (exact) mass is 289 g/mol. The smallest absolute Gasteiger partial charge is 0.253 e. The lowest BCUT2D eigenvalue weighted by Gasteiger charge is -2.33. The van der Waals surface area contributed by atoms with Crippen LogP contribution < -0.4 is 10.2 Å². The number of carbonyl (C=O) groups excluding carboxylic acids is 1. The molecule has 0 bridgehead atoms. The third-order valence-corrected chi connectivity index (χ3v) is 4.00. The van der Waals surface area contributed by atoms with Gasteiger partial charge in [-0.2, -0.15) is 0 Å². The van der Waals surface area contributed by atoms with Crippen molar-refractivity contribution in [2.75, 3.05) is 38.6 Å². The SMILES string of the molecule is CCCNC1CCCN(C(=O)c2cccc(N(C)C)c2)C1. The van der Waals surface area contributed by atoms with Crippen molar-refractivity contribution in [3.63, 3.8) is 0 Å². The summed E-state index contributed by atoms with van der Waals surface area (Å²) in [6.45, 7) is 4.90. The van der Waals surface area contributed by atoms with Gasteiger partial charge in [0, 0.05) is 44.5 Å². The van der Waals surface area contributed by atoms with Crippen LogP contribution in [0.3, 0.4) is 0 Å². The molecule has 1 aromatic rings. The molecule has 0 aromatic heterocycles. The summed E-state index contributed by atoms with van der Waals surface area (Å²) >= 11 is 0. The Morgan fingerprint density at radius 1 is 1.43 bits per heavy atom. The quantitative estimate of drug-likeness (QED) is 0.904. The third-order valence-electron chi connectivity index (χ3n) is 4.00. The van der Waals surface area contributed by atoms with Crippen molar-refractivity contribution < 1.29 is 4.79 Å². The van der Waals surface area contributed by atoms with Gasteiger partial charge in [-0.25, -0.2) is 0 Å². The van der Waals surface area contributed by atoms with E-state index in [4.69, 9.17) is 0 Å². The number of rotatable bonds is 5. The Morgan fingerprint density at radius 2 is 2.24 bits per heavy atom. The van der Waals surface area contributed by atoms with Gasteiger partial charge < -0.3 is 15.1 Å². The summed E-state index contributed by atoms with van der Waals surface area (Å²) in [7, 11) is 3.99. The molecule has 1 heterocycles. The van der Waals surface area contributed by atoms with Gasteiger partial charge in [-0.3, -0.25) is 4.79 Å². The lowest BCUT2D eigenvalue weighted by atomic mass is 10.0. The average Bonchev–Trinajstić information content (AvgIpc) is 2.52. The van der Waals surface area contributed by atoms with E-state index >= 15 is 0 Å². The largest absolute Gasteiger partial charge is 0.378 e. The van der Waals surface area contributed by atoms with Crippen LogP contribution in [0.25, 0.3) is 0 Å². The zero-order valence-electron chi connectivity index (χ0n) is 13.4. The first-order chi connectivity index (χ1) is 10.1. The van der Waals surface area contributed by atoms with Crippen molar-refractivity contribution in [1.29, 1.82) is 0 Å². The van der Waals surface area contributed by atoms with E-state index in [-0.39, 0.29) is 5.91 Å². The van der Waals surface area contributed by atoms with Crippen LogP contribution in [0.1, 0.15) is 36.5 Å². The van der Waals surface area contributed by atoms with Gasteiger partial charge in [-0.1, -0.05) is 13.0 Å². The van der Waals surface area contributed by atoms with E-state index in [1.165, 1.54) is 6.42 Å². The zero-order valence-corrected chi connectivity index (χ0v) is 13.4. The average molecular weight is 289 g/mol. The summed E-state index contributed by atoms with van der Waals surface area (Å²) in [5.41, 5.74) is 1.86. The van der Waals surface area contributed by atoms with Crippen LogP contribution in [-0.2, 0) is 0 Å². The van der Waals surface area contributed by atoms with Crippen LogP contribution in [0.5, 0.6) is 0 Å². The molecule has 1 aromatic carbocycles. The maximum absolute atomic E-state index is 12.7. The fourth-order valence-corrected chi connectivity index (χ4v) is 2.78. The fourth-order valence-electron chi connectivity index (χ4n) is 2.78. The Balaban J connectivity index is 2.03. The van der Waals surface area contributed by atoms with E-state index in [1.54, 1.807) is 0 Å². The van der Waals surface area contributed by atoms with Crippen molar-refractivity contribution in [3.05, 3.63) is 29.8 Å². The molecule has 1 unspecified atom stereocenters. The molecule has 0 aliphatic carbocycles. The standard InChI is InChI=1S/C17H27N3O/c1-4-10-18-15-8-6-11-20(13-15)17(21)14-7-5-9-16(12-14)19(2)3/h5,7,9,12,15,18H,4,6,8,10-11,13H2,1-3H3. The molecule has 0 saturated carbocycles. The summed E-state index contributed by atoms with van der Waals surface area (Å²) in [6.07, 6.45) is 3.39. The minimum atomic E-state index is 0.154. The van der Waals surface area contributed by atoms with Gasteiger partial charge in [0.05, 0.1) is 0 Å². The normalized spacial score (nSPS) is 18.6. The Hall–Kier alpha value is -1.55. The number of nitrogens with one attached hydrogen (secondary N) is 1. The Bertz CT molecular complexity index is 473. The second-order valence-electron chi connectivity index (χ2n) is 5.99. The van der Waals surface area contributed by atoms with Crippen LogP contribution in [0, 0.1) is 0 Å². The molecule has 1 amide bonds. The molecular formula is C17H27N3O. The molecule has 1 fully saturated rings. The van der Waals surface area contributed by atoms with Crippen molar-refractivity contribution in [1.82, 2.24) is 10.2 Å². The summed E-state index contributed by atoms with van der Waals surface area (Å²) in [5, 5.41) is 3.54. The number of hydrogen-bond donors (Lipinski definition) is 1. The second kappa shape index (κ2) is 7.46. The topological polar surface area (TPSA) is 35.6 Å². The van der Waals surface area contributed by atoms with Crippen LogP contribution in [0.4, 0.5) is 5.69 Å². The zero-order chi connectivity index (χ0) is 15.2. The molecule has 4 heteroatoms. The van der Waals surface area contributed by atoms with Gasteiger partial charge in [0.1, 0.15) is 0 Å². The number of piperidine rings is 1. The van der Waals surface area contributed by atoms with E-state index in [9.17, 15) is 4.79 Å². The van der Waals surface area contributed by atoms with Crippen molar-refractivity contribution >= 4 is 11.6 Å². The summed E-state index contributed by atoms with van der Waals surface area (Å²) in [4.78, 5) is 16.7. The van der Waals surface area contributed by atoms with E-state index in [1.807, 2.05) is 48.2 Å². The minimum absolute atomic E-state index is 0.154. The third kappa shape index (κ3) is 4.21. The van der Waals surface area contributed by atoms with Crippen LogP contribution >= 0.6 is 0 Å². The van der Waals surface area contributed by atoms with Gasteiger partial charge >= 0.3 is 0 Å². The van der Waals surface area contributed by atoms with Crippen LogP contribution in [0.2, 0.25) is 0 Å². The molecular weight excluding hydrogens is 262 g/mol. The molecule has 1 saturated heterocycles. The highest BCUT2D eigenvalue weighted by atomic mass is 16.2. The molecule has 2 rings (SSSR count). The molecule has 1 atom stereocenters.